The predicted octanol–water partition coefficient (Wildman–Crippen LogP) is 3.59. The standard InChI is InChI=1S/C22H15AsBrClFNO5S/c24-14-3-6-17(16(10-14)22(29)30)23-21(28)12-1-4-15(5-2-12)33(31,32)27-8-7-13-9-19(26)18(25)11-20(13)27/h1-6,9-11,23H,7-8H2,(H,29,30). The molecule has 6 nitrogen and oxygen atoms in total. The van der Waals surface area contributed by atoms with E-state index in [4.69, 9.17) is 11.6 Å². The Kier molecular flexibility index (Phi) is 6.69. The van der Waals surface area contributed by atoms with Crippen LogP contribution in [0.2, 0.25) is 5.02 Å². The van der Waals surface area contributed by atoms with Crippen LogP contribution in [-0.4, -0.2) is 46.4 Å². The number of hydrogen-bond donors (Lipinski definition) is 1. The van der Waals surface area contributed by atoms with Crippen molar-refractivity contribution >= 4 is 73.9 Å². The molecule has 1 atom stereocenters. The van der Waals surface area contributed by atoms with Crippen molar-refractivity contribution in [1.29, 1.82) is 0 Å². The number of aromatic carboxylic acids is 1. The molecule has 1 unspecified atom stereocenters. The molecule has 170 valence electrons. The molecule has 0 aromatic heterocycles. The van der Waals surface area contributed by atoms with E-state index in [9.17, 15) is 27.5 Å². The Labute approximate surface area is 209 Å². The number of anilines is 1. The number of benzene rings is 3. The van der Waals surface area contributed by atoms with Crippen LogP contribution < -0.4 is 8.66 Å². The Morgan fingerprint density at radius 1 is 1.09 bits per heavy atom. The Morgan fingerprint density at radius 3 is 2.45 bits per heavy atom. The number of halogens is 3. The minimum atomic E-state index is -3.94. The summed E-state index contributed by atoms with van der Waals surface area (Å²) in [4.78, 5) is 24.2. The van der Waals surface area contributed by atoms with Gasteiger partial charge in [-0.15, -0.1) is 0 Å². The van der Waals surface area contributed by atoms with Crippen LogP contribution in [0.25, 0.3) is 0 Å². The van der Waals surface area contributed by atoms with Gasteiger partial charge in [-0.2, -0.15) is 0 Å². The number of hydrogen-bond acceptors (Lipinski definition) is 4. The average molecular weight is 615 g/mol. The van der Waals surface area contributed by atoms with E-state index in [0.29, 0.717) is 32.1 Å². The molecule has 1 aliphatic rings. The summed E-state index contributed by atoms with van der Waals surface area (Å²) in [7, 11) is -3.94. The molecular formula is C22H15AsBrClFNO5S. The average Bonchev–Trinajstić information content (AvgIpc) is 3.18. The van der Waals surface area contributed by atoms with Gasteiger partial charge < -0.3 is 0 Å². The number of fused-ring (bicyclic) bond motifs is 1. The first kappa shape index (κ1) is 23.9. The molecule has 0 bridgehead atoms. The summed E-state index contributed by atoms with van der Waals surface area (Å²) in [6, 6.07) is 12.8. The Hall–Kier alpha value is -2.19. The molecular weight excluding hydrogens is 600 g/mol. The molecule has 3 aromatic carbocycles. The van der Waals surface area contributed by atoms with Crippen molar-refractivity contribution in [2.24, 2.45) is 0 Å². The molecule has 4 rings (SSSR count). The van der Waals surface area contributed by atoms with Crippen LogP contribution in [0.4, 0.5) is 10.1 Å². The topological polar surface area (TPSA) is 91.7 Å². The molecule has 0 saturated carbocycles. The second kappa shape index (κ2) is 9.22. The monoisotopic (exact) mass is 613 g/mol. The fraction of sp³-hybridized carbons (Fsp3) is 0.0909. The molecule has 1 N–H and O–H groups in total. The van der Waals surface area contributed by atoms with E-state index in [1.807, 2.05) is 0 Å². The molecule has 0 saturated heterocycles. The number of carbonyl (C=O) groups is 2. The van der Waals surface area contributed by atoms with Gasteiger partial charge in [0.25, 0.3) is 0 Å². The van der Waals surface area contributed by atoms with Crippen molar-refractivity contribution in [2.75, 3.05) is 10.8 Å². The number of nitrogens with zero attached hydrogens (tertiary/aromatic N) is 1. The van der Waals surface area contributed by atoms with Gasteiger partial charge >= 0.3 is 210 Å². The van der Waals surface area contributed by atoms with Gasteiger partial charge in [0.1, 0.15) is 0 Å². The van der Waals surface area contributed by atoms with Crippen LogP contribution >= 0.6 is 27.5 Å². The van der Waals surface area contributed by atoms with E-state index in [0.717, 1.165) is 0 Å². The Balaban J connectivity index is 1.58. The van der Waals surface area contributed by atoms with E-state index < -0.39 is 37.6 Å². The van der Waals surface area contributed by atoms with Crippen molar-refractivity contribution in [3.8, 4) is 0 Å². The summed E-state index contributed by atoms with van der Waals surface area (Å²) in [6.45, 7) is 0.159. The first-order valence-corrected chi connectivity index (χ1v) is 14.2. The first-order chi connectivity index (χ1) is 15.6. The molecule has 0 spiro atoms. The fourth-order valence-corrected chi connectivity index (χ4v) is 7.69. The molecule has 1 heterocycles. The summed E-state index contributed by atoms with van der Waals surface area (Å²) in [5.41, 5.74) is 1.27. The van der Waals surface area contributed by atoms with Crippen LogP contribution in [0, 0.1) is 5.82 Å². The van der Waals surface area contributed by atoms with Gasteiger partial charge in [0.15, 0.2) is 0 Å². The molecule has 11 heteroatoms. The number of carbonyl (C=O) groups excluding carboxylic acids is 1. The van der Waals surface area contributed by atoms with Crippen molar-refractivity contribution < 1.29 is 27.5 Å². The predicted molar refractivity (Wildman–Crippen MR) is 128 cm³/mol. The fourth-order valence-electron chi connectivity index (χ4n) is 3.50. The molecule has 0 fully saturated rings. The summed E-state index contributed by atoms with van der Waals surface area (Å²) in [5, 5.41) is 9.24. The van der Waals surface area contributed by atoms with Gasteiger partial charge in [0, 0.05) is 0 Å². The van der Waals surface area contributed by atoms with Gasteiger partial charge in [0.05, 0.1) is 0 Å². The van der Waals surface area contributed by atoms with Gasteiger partial charge in [-0.05, 0) is 0 Å². The van der Waals surface area contributed by atoms with Crippen LogP contribution in [0.15, 0.2) is 64.0 Å². The van der Waals surface area contributed by atoms with Crippen molar-refractivity contribution in [1.82, 2.24) is 0 Å². The third-order valence-corrected chi connectivity index (χ3v) is 10.3. The summed E-state index contributed by atoms with van der Waals surface area (Å²) < 4.78 is 42.1. The van der Waals surface area contributed by atoms with Gasteiger partial charge in [-0.1, -0.05) is 0 Å². The van der Waals surface area contributed by atoms with Crippen LogP contribution in [0.1, 0.15) is 26.3 Å². The van der Waals surface area contributed by atoms with Crippen LogP contribution in [0.5, 0.6) is 0 Å². The number of sulfonamides is 1. The molecule has 3 aromatic rings. The Bertz CT molecular complexity index is 1400. The van der Waals surface area contributed by atoms with E-state index in [1.165, 1.54) is 46.8 Å². The minimum absolute atomic E-state index is 0.0118. The van der Waals surface area contributed by atoms with E-state index in [-0.39, 0.29) is 26.6 Å². The summed E-state index contributed by atoms with van der Waals surface area (Å²) in [5.74, 6) is -1.71. The molecule has 33 heavy (non-hydrogen) atoms. The zero-order chi connectivity index (χ0) is 23.9. The van der Waals surface area contributed by atoms with E-state index in [2.05, 4.69) is 15.9 Å². The third-order valence-electron chi connectivity index (χ3n) is 5.14. The summed E-state index contributed by atoms with van der Waals surface area (Å²) >= 11 is 7.59. The molecule has 1 aliphatic heterocycles. The number of carboxylic acid groups (broad SMARTS) is 1. The van der Waals surface area contributed by atoms with Gasteiger partial charge in [-0.25, -0.2) is 0 Å². The SMILES string of the molecule is O=C([AsH]c1ccc(Br)cc1C(=O)O)c1ccc(S(=O)(=O)N2CCc3cc(F)c(Cl)cc32)cc1. The quantitative estimate of drug-likeness (QED) is 0.429. The molecule has 0 radical (unpaired) electrons. The maximum absolute atomic E-state index is 13.7. The zero-order valence-corrected chi connectivity index (χ0v) is 21.9. The zero-order valence-electron chi connectivity index (χ0n) is 16.7. The van der Waals surface area contributed by atoms with Gasteiger partial charge in [0.2, 0.25) is 0 Å². The number of rotatable bonds is 6. The molecule has 0 aliphatic carbocycles. The van der Waals surface area contributed by atoms with E-state index >= 15 is 0 Å². The van der Waals surface area contributed by atoms with Crippen LogP contribution in [-0.2, 0) is 16.4 Å². The molecule has 0 amide bonds. The van der Waals surface area contributed by atoms with Crippen molar-refractivity contribution in [3.05, 3.63) is 86.6 Å². The third kappa shape index (κ3) is 4.73. The summed E-state index contributed by atoms with van der Waals surface area (Å²) in [6.07, 6.45) is 0.364. The van der Waals surface area contributed by atoms with Crippen molar-refractivity contribution in [2.45, 2.75) is 11.3 Å². The number of carboxylic acids is 1. The second-order valence-corrected chi connectivity index (χ2v) is 13.0. The normalized spacial score (nSPS) is 13.5. The van der Waals surface area contributed by atoms with Gasteiger partial charge in [-0.3, -0.25) is 0 Å². The van der Waals surface area contributed by atoms with Crippen molar-refractivity contribution in [3.63, 3.8) is 0 Å². The first-order valence-electron chi connectivity index (χ1n) is 9.53. The van der Waals surface area contributed by atoms with Crippen LogP contribution in [0.3, 0.4) is 0 Å². The second-order valence-electron chi connectivity index (χ2n) is 7.20. The maximum atomic E-state index is 13.7. The Morgan fingerprint density at radius 2 is 1.79 bits per heavy atom. The van der Waals surface area contributed by atoms with E-state index in [1.54, 1.807) is 12.1 Å².